The van der Waals surface area contributed by atoms with E-state index in [1.165, 1.54) is 0 Å². The normalized spacial score (nSPS) is 19.8. The van der Waals surface area contributed by atoms with Crippen LogP contribution in [0.15, 0.2) is 18.2 Å². The molecule has 0 aliphatic carbocycles. The predicted molar refractivity (Wildman–Crippen MR) is 77.8 cm³/mol. The smallest absolute Gasteiger partial charge is 0.272 e. The van der Waals surface area contributed by atoms with E-state index in [2.05, 4.69) is 17.1 Å². The molecule has 19 heavy (non-hydrogen) atoms. The van der Waals surface area contributed by atoms with Crippen LogP contribution in [0.4, 0.5) is 5.69 Å². The topological polar surface area (TPSA) is 58.4 Å². The van der Waals surface area contributed by atoms with Gasteiger partial charge in [-0.05, 0) is 19.4 Å². The number of nitro benzene ring substituents is 1. The molecule has 0 radical (unpaired) electrons. The highest BCUT2D eigenvalue weighted by Gasteiger charge is 2.20. The van der Waals surface area contributed by atoms with Gasteiger partial charge in [-0.25, -0.2) is 0 Å². The standard InChI is InChI=1S/C13H19N3O2.ClH/c1-10-8-14-6-7-15(10)9-12-4-3-5-13(11(12)2)16(17)18;/h3-5,10,14H,6-9H2,1-2H3;1H/t10-;/m1./s1. The minimum absolute atomic E-state index is 0. The number of piperazine rings is 1. The molecule has 1 saturated heterocycles. The van der Waals surface area contributed by atoms with Gasteiger partial charge >= 0.3 is 0 Å². The van der Waals surface area contributed by atoms with E-state index in [0.29, 0.717) is 6.04 Å². The molecular weight excluding hydrogens is 266 g/mol. The largest absolute Gasteiger partial charge is 0.314 e. The van der Waals surface area contributed by atoms with Crippen molar-refractivity contribution in [2.24, 2.45) is 0 Å². The fraction of sp³-hybridized carbons (Fsp3) is 0.538. The Kier molecular flexibility index (Phi) is 5.72. The number of nitrogens with one attached hydrogen (secondary N) is 1. The van der Waals surface area contributed by atoms with Crippen LogP contribution in [0.3, 0.4) is 0 Å². The second-order valence-corrected chi connectivity index (χ2v) is 4.84. The highest BCUT2D eigenvalue weighted by Crippen LogP contribution is 2.23. The van der Waals surface area contributed by atoms with Gasteiger partial charge in [-0.2, -0.15) is 0 Å². The Balaban J connectivity index is 0.00000180. The summed E-state index contributed by atoms with van der Waals surface area (Å²) < 4.78 is 0. The average molecular weight is 286 g/mol. The SMILES string of the molecule is Cc1c(CN2CCNC[C@H]2C)cccc1[N+](=O)[O-].Cl. The van der Waals surface area contributed by atoms with Crippen molar-refractivity contribution in [3.05, 3.63) is 39.4 Å². The van der Waals surface area contributed by atoms with Gasteiger partial charge in [0.2, 0.25) is 0 Å². The van der Waals surface area contributed by atoms with E-state index >= 15 is 0 Å². The van der Waals surface area contributed by atoms with E-state index in [4.69, 9.17) is 0 Å². The zero-order valence-corrected chi connectivity index (χ0v) is 12.1. The van der Waals surface area contributed by atoms with Crippen LogP contribution >= 0.6 is 12.4 Å². The first-order valence-electron chi connectivity index (χ1n) is 6.27. The molecule has 106 valence electrons. The van der Waals surface area contributed by atoms with Gasteiger partial charge in [-0.3, -0.25) is 15.0 Å². The van der Waals surface area contributed by atoms with E-state index in [1.807, 2.05) is 13.0 Å². The number of nitro groups is 1. The van der Waals surface area contributed by atoms with Gasteiger partial charge < -0.3 is 5.32 Å². The van der Waals surface area contributed by atoms with Gasteiger partial charge in [0.05, 0.1) is 4.92 Å². The van der Waals surface area contributed by atoms with Crippen molar-refractivity contribution in [1.82, 2.24) is 10.2 Å². The Hall–Kier alpha value is -1.17. The third-order valence-electron chi connectivity index (χ3n) is 3.63. The lowest BCUT2D eigenvalue weighted by molar-refractivity contribution is -0.385. The molecule has 2 rings (SSSR count). The second-order valence-electron chi connectivity index (χ2n) is 4.84. The molecular formula is C13H20ClN3O2. The fourth-order valence-corrected chi connectivity index (χ4v) is 2.38. The first-order chi connectivity index (χ1) is 8.59. The van der Waals surface area contributed by atoms with Gasteiger partial charge in [-0.15, -0.1) is 12.4 Å². The molecule has 1 aliphatic heterocycles. The molecule has 6 heteroatoms. The van der Waals surface area contributed by atoms with E-state index in [-0.39, 0.29) is 23.0 Å². The molecule has 1 aliphatic rings. The Morgan fingerprint density at radius 1 is 1.53 bits per heavy atom. The second kappa shape index (κ2) is 6.84. The summed E-state index contributed by atoms with van der Waals surface area (Å²) >= 11 is 0. The Bertz CT molecular complexity index is 454. The van der Waals surface area contributed by atoms with Crippen LogP contribution in [0.1, 0.15) is 18.1 Å². The third-order valence-corrected chi connectivity index (χ3v) is 3.63. The first kappa shape index (κ1) is 15.9. The van der Waals surface area contributed by atoms with E-state index < -0.39 is 0 Å². The molecule has 0 amide bonds. The summed E-state index contributed by atoms with van der Waals surface area (Å²) in [6.45, 7) is 7.76. The third kappa shape index (κ3) is 3.65. The molecule has 1 aromatic rings. The van der Waals surface area contributed by atoms with Crippen molar-refractivity contribution in [3.8, 4) is 0 Å². The number of benzene rings is 1. The zero-order valence-electron chi connectivity index (χ0n) is 11.3. The van der Waals surface area contributed by atoms with Crippen molar-refractivity contribution in [2.45, 2.75) is 26.4 Å². The van der Waals surface area contributed by atoms with Crippen LogP contribution < -0.4 is 5.32 Å². The maximum Gasteiger partial charge on any atom is 0.272 e. The molecule has 1 aromatic carbocycles. The molecule has 0 spiro atoms. The highest BCUT2D eigenvalue weighted by atomic mass is 35.5. The molecule has 0 aromatic heterocycles. The van der Waals surface area contributed by atoms with Crippen LogP contribution in [0.25, 0.3) is 0 Å². The summed E-state index contributed by atoms with van der Waals surface area (Å²) in [6, 6.07) is 5.79. The van der Waals surface area contributed by atoms with Crippen LogP contribution in [0.2, 0.25) is 0 Å². The lowest BCUT2D eigenvalue weighted by Gasteiger charge is -2.34. The molecule has 1 heterocycles. The van der Waals surface area contributed by atoms with Crippen molar-refractivity contribution in [2.75, 3.05) is 19.6 Å². The lowest BCUT2D eigenvalue weighted by Crippen LogP contribution is -2.49. The maximum atomic E-state index is 10.9. The number of rotatable bonds is 3. The maximum absolute atomic E-state index is 10.9. The first-order valence-corrected chi connectivity index (χ1v) is 6.27. The molecule has 0 unspecified atom stereocenters. The average Bonchev–Trinajstić information content (AvgIpc) is 2.34. The number of halogens is 1. The van der Waals surface area contributed by atoms with Gasteiger partial charge in [0.1, 0.15) is 0 Å². The van der Waals surface area contributed by atoms with Gasteiger partial charge in [0.25, 0.3) is 5.69 Å². The lowest BCUT2D eigenvalue weighted by atomic mass is 10.1. The molecule has 1 atom stereocenters. The van der Waals surface area contributed by atoms with Crippen molar-refractivity contribution in [1.29, 1.82) is 0 Å². The molecule has 5 nitrogen and oxygen atoms in total. The summed E-state index contributed by atoms with van der Waals surface area (Å²) in [5.41, 5.74) is 2.06. The molecule has 1 fully saturated rings. The van der Waals surface area contributed by atoms with Gasteiger partial charge in [0.15, 0.2) is 0 Å². The number of nitrogens with zero attached hydrogens (tertiary/aromatic N) is 2. The quantitative estimate of drug-likeness (QED) is 0.683. The van der Waals surface area contributed by atoms with E-state index in [0.717, 1.165) is 37.3 Å². The molecule has 0 bridgehead atoms. The van der Waals surface area contributed by atoms with Gasteiger partial charge in [0, 0.05) is 43.9 Å². The summed E-state index contributed by atoms with van der Waals surface area (Å²) in [4.78, 5) is 13.0. The van der Waals surface area contributed by atoms with Crippen LogP contribution in [-0.4, -0.2) is 35.5 Å². The summed E-state index contributed by atoms with van der Waals surface area (Å²) in [5.74, 6) is 0. The summed E-state index contributed by atoms with van der Waals surface area (Å²) in [5, 5.41) is 14.3. The van der Waals surface area contributed by atoms with E-state index in [9.17, 15) is 10.1 Å². The highest BCUT2D eigenvalue weighted by molar-refractivity contribution is 5.85. The zero-order chi connectivity index (χ0) is 13.1. The Morgan fingerprint density at radius 2 is 2.26 bits per heavy atom. The van der Waals surface area contributed by atoms with Crippen LogP contribution in [0, 0.1) is 17.0 Å². The predicted octanol–water partition coefficient (Wildman–Crippen LogP) is 2.12. The minimum Gasteiger partial charge on any atom is -0.314 e. The number of hydrogen-bond donors (Lipinski definition) is 1. The van der Waals surface area contributed by atoms with Crippen LogP contribution in [0.5, 0.6) is 0 Å². The van der Waals surface area contributed by atoms with Gasteiger partial charge in [-0.1, -0.05) is 12.1 Å². The van der Waals surface area contributed by atoms with Crippen molar-refractivity contribution >= 4 is 18.1 Å². The molecule has 0 saturated carbocycles. The summed E-state index contributed by atoms with van der Waals surface area (Å²) in [7, 11) is 0. The number of hydrogen-bond acceptors (Lipinski definition) is 4. The Labute approximate surface area is 119 Å². The monoisotopic (exact) mass is 285 g/mol. The molecule has 1 N–H and O–H groups in total. The van der Waals surface area contributed by atoms with E-state index in [1.54, 1.807) is 12.1 Å². The van der Waals surface area contributed by atoms with Crippen molar-refractivity contribution < 1.29 is 4.92 Å². The van der Waals surface area contributed by atoms with Crippen LogP contribution in [-0.2, 0) is 6.54 Å². The summed E-state index contributed by atoms with van der Waals surface area (Å²) in [6.07, 6.45) is 0. The Morgan fingerprint density at radius 3 is 2.89 bits per heavy atom. The fourth-order valence-electron chi connectivity index (χ4n) is 2.38. The van der Waals surface area contributed by atoms with Crippen molar-refractivity contribution in [3.63, 3.8) is 0 Å². The minimum atomic E-state index is -0.306.